The van der Waals surface area contributed by atoms with Crippen LogP contribution in [0, 0.1) is 11.3 Å². The van der Waals surface area contributed by atoms with Gasteiger partial charge in [-0.2, -0.15) is 0 Å². The Balaban J connectivity index is 1.66. The standard InChI is InChI=1S/C14H17ClN2O/c15-11-3-1-2-10(12(11)16)13(18)17-8-14(6-7-14)9-4-5-9/h1-3,9H,4-8,16H2,(H,17,18). The number of carbonyl (C=O) groups is 1. The molecule has 1 amide bonds. The number of halogens is 1. The number of hydrogen-bond acceptors (Lipinski definition) is 2. The van der Waals surface area contributed by atoms with Gasteiger partial charge < -0.3 is 11.1 Å². The highest BCUT2D eigenvalue weighted by Gasteiger charge is 2.53. The van der Waals surface area contributed by atoms with E-state index in [1.165, 1.54) is 25.7 Å². The van der Waals surface area contributed by atoms with Crippen molar-refractivity contribution >= 4 is 23.2 Å². The molecule has 2 saturated carbocycles. The van der Waals surface area contributed by atoms with Crippen LogP contribution in [0.25, 0.3) is 0 Å². The van der Waals surface area contributed by atoms with Gasteiger partial charge in [-0.1, -0.05) is 17.7 Å². The molecule has 1 aromatic carbocycles. The van der Waals surface area contributed by atoms with Crippen LogP contribution in [0.2, 0.25) is 5.02 Å². The lowest BCUT2D eigenvalue weighted by Crippen LogP contribution is -2.31. The van der Waals surface area contributed by atoms with E-state index >= 15 is 0 Å². The maximum atomic E-state index is 12.1. The molecule has 2 fully saturated rings. The largest absolute Gasteiger partial charge is 0.397 e. The Bertz CT molecular complexity index is 493. The first-order valence-electron chi connectivity index (χ1n) is 6.45. The van der Waals surface area contributed by atoms with Crippen LogP contribution < -0.4 is 11.1 Å². The van der Waals surface area contributed by atoms with Gasteiger partial charge in [0.05, 0.1) is 16.3 Å². The van der Waals surface area contributed by atoms with E-state index in [0.717, 1.165) is 12.5 Å². The molecule has 0 radical (unpaired) electrons. The van der Waals surface area contributed by atoms with E-state index in [9.17, 15) is 4.79 Å². The smallest absolute Gasteiger partial charge is 0.253 e. The number of rotatable bonds is 4. The average Bonchev–Trinajstić information content (AvgIpc) is 3.22. The summed E-state index contributed by atoms with van der Waals surface area (Å²) in [5.74, 6) is 0.733. The minimum atomic E-state index is -0.109. The highest BCUT2D eigenvalue weighted by Crippen LogP contribution is 2.60. The molecule has 2 aliphatic carbocycles. The summed E-state index contributed by atoms with van der Waals surface area (Å²) in [6.45, 7) is 0.780. The molecule has 4 heteroatoms. The molecule has 0 heterocycles. The fraction of sp³-hybridized carbons (Fsp3) is 0.500. The predicted molar refractivity (Wildman–Crippen MR) is 72.6 cm³/mol. The van der Waals surface area contributed by atoms with Gasteiger partial charge in [0.1, 0.15) is 0 Å². The topological polar surface area (TPSA) is 55.1 Å². The van der Waals surface area contributed by atoms with Crippen molar-refractivity contribution in [3.8, 4) is 0 Å². The van der Waals surface area contributed by atoms with Crippen LogP contribution in [0.15, 0.2) is 18.2 Å². The van der Waals surface area contributed by atoms with E-state index in [4.69, 9.17) is 17.3 Å². The van der Waals surface area contributed by atoms with Gasteiger partial charge in [-0.15, -0.1) is 0 Å². The van der Waals surface area contributed by atoms with E-state index < -0.39 is 0 Å². The molecular weight excluding hydrogens is 248 g/mol. The van der Waals surface area contributed by atoms with E-state index in [1.54, 1.807) is 18.2 Å². The molecule has 0 saturated heterocycles. The monoisotopic (exact) mass is 264 g/mol. The summed E-state index contributed by atoms with van der Waals surface area (Å²) in [6, 6.07) is 5.16. The highest BCUT2D eigenvalue weighted by molar-refractivity contribution is 6.33. The number of benzene rings is 1. The number of nitrogens with two attached hydrogens (primary N) is 1. The molecule has 0 unspecified atom stereocenters. The van der Waals surface area contributed by atoms with Crippen LogP contribution in [0.4, 0.5) is 5.69 Å². The number of nitrogens with one attached hydrogen (secondary N) is 1. The zero-order valence-electron chi connectivity index (χ0n) is 10.2. The van der Waals surface area contributed by atoms with Crippen LogP contribution in [0.5, 0.6) is 0 Å². The van der Waals surface area contributed by atoms with E-state index in [1.807, 2.05) is 0 Å². The molecule has 0 aliphatic heterocycles. The number of amides is 1. The van der Waals surface area contributed by atoms with E-state index in [0.29, 0.717) is 21.7 Å². The molecule has 0 bridgehead atoms. The fourth-order valence-electron chi connectivity index (χ4n) is 2.67. The molecule has 18 heavy (non-hydrogen) atoms. The Morgan fingerprint density at radius 2 is 2.17 bits per heavy atom. The molecule has 3 N–H and O–H groups in total. The number of carbonyl (C=O) groups excluding carboxylic acids is 1. The summed E-state index contributed by atoms with van der Waals surface area (Å²) in [5.41, 5.74) is 7.07. The molecule has 96 valence electrons. The van der Waals surface area contributed by atoms with Crippen LogP contribution in [0.1, 0.15) is 36.0 Å². The van der Waals surface area contributed by atoms with Gasteiger partial charge in [-0.05, 0) is 49.1 Å². The molecule has 0 spiro atoms. The third-order valence-electron chi connectivity index (χ3n) is 4.23. The Kier molecular flexibility index (Phi) is 2.74. The summed E-state index contributed by atoms with van der Waals surface area (Å²) in [5, 5.41) is 3.45. The van der Waals surface area contributed by atoms with Crippen LogP contribution in [-0.4, -0.2) is 12.5 Å². The van der Waals surface area contributed by atoms with Gasteiger partial charge in [-0.25, -0.2) is 0 Å². The van der Waals surface area contributed by atoms with Crippen LogP contribution in [-0.2, 0) is 0 Å². The lowest BCUT2D eigenvalue weighted by atomic mass is 10.0. The molecule has 3 nitrogen and oxygen atoms in total. The summed E-state index contributed by atoms with van der Waals surface area (Å²) >= 11 is 5.92. The third kappa shape index (κ3) is 2.07. The Morgan fingerprint density at radius 3 is 2.78 bits per heavy atom. The van der Waals surface area contributed by atoms with E-state index in [2.05, 4.69) is 5.32 Å². The third-order valence-corrected chi connectivity index (χ3v) is 4.56. The number of nitrogen functional groups attached to an aromatic ring is 1. The highest BCUT2D eigenvalue weighted by atomic mass is 35.5. The normalized spacial score (nSPS) is 20.5. The summed E-state index contributed by atoms with van der Waals surface area (Å²) in [7, 11) is 0. The maximum absolute atomic E-state index is 12.1. The molecule has 0 aromatic heterocycles. The average molecular weight is 265 g/mol. The zero-order valence-corrected chi connectivity index (χ0v) is 11.0. The summed E-state index contributed by atoms with van der Waals surface area (Å²) in [4.78, 5) is 12.1. The summed E-state index contributed by atoms with van der Waals surface area (Å²) < 4.78 is 0. The Labute approximate surface area is 112 Å². The maximum Gasteiger partial charge on any atom is 0.253 e. The first kappa shape index (κ1) is 11.8. The second-order valence-electron chi connectivity index (χ2n) is 5.52. The minimum absolute atomic E-state index is 0.109. The van der Waals surface area contributed by atoms with Gasteiger partial charge in [0.2, 0.25) is 0 Å². The number of hydrogen-bond donors (Lipinski definition) is 2. The van der Waals surface area contributed by atoms with Crippen molar-refractivity contribution in [1.82, 2.24) is 5.32 Å². The van der Waals surface area contributed by atoms with Gasteiger partial charge in [0.15, 0.2) is 0 Å². The van der Waals surface area contributed by atoms with Crippen molar-refractivity contribution in [2.24, 2.45) is 11.3 Å². The molecular formula is C14H17ClN2O. The molecule has 2 aliphatic rings. The zero-order chi connectivity index (χ0) is 12.8. The second kappa shape index (κ2) is 4.16. The first-order chi connectivity index (χ1) is 8.62. The Hall–Kier alpha value is -1.22. The molecule has 0 atom stereocenters. The first-order valence-corrected chi connectivity index (χ1v) is 6.82. The van der Waals surface area contributed by atoms with Crippen molar-refractivity contribution in [2.45, 2.75) is 25.7 Å². The lowest BCUT2D eigenvalue weighted by Gasteiger charge is -2.15. The molecule has 1 aromatic rings. The second-order valence-corrected chi connectivity index (χ2v) is 5.93. The van der Waals surface area contributed by atoms with Gasteiger partial charge in [-0.3, -0.25) is 4.79 Å². The number of anilines is 1. The van der Waals surface area contributed by atoms with Crippen LogP contribution in [0.3, 0.4) is 0 Å². The van der Waals surface area contributed by atoms with Crippen molar-refractivity contribution in [3.05, 3.63) is 28.8 Å². The van der Waals surface area contributed by atoms with Gasteiger partial charge in [0, 0.05) is 6.54 Å². The summed E-state index contributed by atoms with van der Waals surface area (Å²) in [6.07, 6.45) is 5.16. The quantitative estimate of drug-likeness (QED) is 0.822. The van der Waals surface area contributed by atoms with Crippen molar-refractivity contribution in [1.29, 1.82) is 0 Å². The predicted octanol–water partition coefficient (Wildman–Crippen LogP) is 2.84. The van der Waals surface area contributed by atoms with Crippen molar-refractivity contribution < 1.29 is 4.79 Å². The van der Waals surface area contributed by atoms with Gasteiger partial charge >= 0.3 is 0 Å². The van der Waals surface area contributed by atoms with Crippen molar-refractivity contribution in [2.75, 3.05) is 12.3 Å². The minimum Gasteiger partial charge on any atom is -0.397 e. The van der Waals surface area contributed by atoms with Gasteiger partial charge in [0.25, 0.3) is 5.91 Å². The van der Waals surface area contributed by atoms with E-state index in [-0.39, 0.29) is 5.91 Å². The number of para-hydroxylation sites is 1. The molecule has 3 rings (SSSR count). The van der Waals surface area contributed by atoms with Crippen LogP contribution >= 0.6 is 11.6 Å². The SMILES string of the molecule is Nc1c(Cl)cccc1C(=O)NCC1(C2CC2)CC1. The fourth-order valence-corrected chi connectivity index (χ4v) is 2.85. The lowest BCUT2D eigenvalue weighted by molar-refractivity contribution is 0.0943. The van der Waals surface area contributed by atoms with Crippen molar-refractivity contribution in [3.63, 3.8) is 0 Å². The Morgan fingerprint density at radius 1 is 1.44 bits per heavy atom.